The van der Waals surface area contributed by atoms with Crippen LogP contribution in [0.1, 0.15) is 48.5 Å². The van der Waals surface area contributed by atoms with Crippen LogP contribution in [0.15, 0.2) is 66.9 Å². The monoisotopic (exact) mass is 646 g/mol. The second kappa shape index (κ2) is 13.5. The molecule has 5 heterocycles. The van der Waals surface area contributed by atoms with Crippen LogP contribution in [0.3, 0.4) is 0 Å². The van der Waals surface area contributed by atoms with E-state index in [-0.39, 0.29) is 23.6 Å². The Bertz CT molecular complexity index is 1810. The van der Waals surface area contributed by atoms with E-state index in [1.165, 1.54) is 16.5 Å². The first kappa shape index (κ1) is 32.1. The molecule has 0 N–H and O–H groups in total. The number of piperazine rings is 1. The molecule has 0 radical (unpaired) electrons. The van der Waals surface area contributed by atoms with Gasteiger partial charge in [0.25, 0.3) is 5.91 Å². The fourth-order valence-electron chi connectivity index (χ4n) is 7.93. The minimum absolute atomic E-state index is 0.0353. The summed E-state index contributed by atoms with van der Waals surface area (Å²) in [5, 5.41) is 1.19. The Kier molecular flexibility index (Phi) is 9.05. The SMILES string of the molecule is CC(=O)N1CCC(C(=O)N2CCC(N3CCN(C(=O)c4cc(-c5ccccc5)nc(-c5ccc6c(c5)c(C)cn6C)c4)CC3)CC2)CC1. The molecule has 3 fully saturated rings. The Labute approximate surface area is 283 Å². The van der Waals surface area contributed by atoms with Gasteiger partial charge in [0.05, 0.1) is 11.4 Å². The smallest absolute Gasteiger partial charge is 0.254 e. The van der Waals surface area contributed by atoms with Crippen molar-refractivity contribution in [2.24, 2.45) is 13.0 Å². The molecule has 0 unspecified atom stereocenters. The van der Waals surface area contributed by atoms with Crippen LogP contribution in [0.5, 0.6) is 0 Å². The first-order valence-corrected chi connectivity index (χ1v) is 17.5. The fourth-order valence-corrected chi connectivity index (χ4v) is 7.93. The third-order valence-corrected chi connectivity index (χ3v) is 10.8. The zero-order valence-electron chi connectivity index (χ0n) is 28.4. The van der Waals surface area contributed by atoms with Crippen LogP contribution in [0.4, 0.5) is 0 Å². The lowest BCUT2D eigenvalue weighted by Crippen LogP contribution is -2.55. The fraction of sp³-hybridized carbons (Fsp3) is 0.436. The van der Waals surface area contributed by atoms with Gasteiger partial charge in [-0.1, -0.05) is 36.4 Å². The summed E-state index contributed by atoms with van der Waals surface area (Å²) < 4.78 is 2.14. The Morgan fingerprint density at radius 2 is 1.35 bits per heavy atom. The zero-order valence-corrected chi connectivity index (χ0v) is 28.4. The van der Waals surface area contributed by atoms with Gasteiger partial charge in [0.1, 0.15) is 0 Å². The van der Waals surface area contributed by atoms with Crippen LogP contribution in [0.25, 0.3) is 33.4 Å². The van der Waals surface area contributed by atoms with E-state index in [9.17, 15) is 14.4 Å². The Hall–Kier alpha value is -4.50. The van der Waals surface area contributed by atoms with Crippen molar-refractivity contribution < 1.29 is 14.4 Å². The van der Waals surface area contributed by atoms with Crippen molar-refractivity contribution >= 4 is 28.6 Å². The molecule has 7 rings (SSSR count). The van der Waals surface area contributed by atoms with Crippen molar-refractivity contribution in [3.63, 3.8) is 0 Å². The normalized spacial score (nSPS) is 18.4. The highest BCUT2D eigenvalue weighted by atomic mass is 16.2. The summed E-state index contributed by atoms with van der Waals surface area (Å²) in [6, 6.07) is 20.8. The van der Waals surface area contributed by atoms with Crippen LogP contribution in [0, 0.1) is 12.8 Å². The van der Waals surface area contributed by atoms with Gasteiger partial charge >= 0.3 is 0 Å². The lowest BCUT2D eigenvalue weighted by molar-refractivity contribution is -0.141. The summed E-state index contributed by atoms with van der Waals surface area (Å²) in [6.07, 6.45) is 5.60. The summed E-state index contributed by atoms with van der Waals surface area (Å²) in [5.41, 5.74) is 6.64. The van der Waals surface area contributed by atoms with E-state index >= 15 is 0 Å². The number of likely N-dealkylation sites (tertiary alicyclic amines) is 2. The molecule has 9 nitrogen and oxygen atoms in total. The van der Waals surface area contributed by atoms with Crippen molar-refractivity contribution in [3.05, 3.63) is 78.0 Å². The van der Waals surface area contributed by atoms with Crippen LogP contribution in [-0.4, -0.2) is 105 Å². The Morgan fingerprint density at radius 3 is 2.02 bits per heavy atom. The number of nitrogens with zero attached hydrogens (tertiary/aromatic N) is 6. The van der Waals surface area contributed by atoms with Crippen molar-refractivity contribution in [2.45, 2.75) is 45.6 Å². The van der Waals surface area contributed by atoms with E-state index < -0.39 is 0 Å². The third-order valence-electron chi connectivity index (χ3n) is 10.8. The number of aromatic nitrogens is 2. The molecular formula is C39H46N6O3. The molecule has 0 bridgehead atoms. The van der Waals surface area contributed by atoms with Crippen LogP contribution in [0.2, 0.25) is 0 Å². The van der Waals surface area contributed by atoms with Crippen molar-refractivity contribution in [3.8, 4) is 22.5 Å². The van der Waals surface area contributed by atoms with E-state index in [0.29, 0.717) is 37.8 Å². The van der Waals surface area contributed by atoms with Gasteiger partial charge in [-0.2, -0.15) is 0 Å². The first-order valence-electron chi connectivity index (χ1n) is 17.5. The highest BCUT2D eigenvalue weighted by molar-refractivity contribution is 5.97. The first-order chi connectivity index (χ1) is 23.2. The molecular weight excluding hydrogens is 600 g/mol. The van der Waals surface area contributed by atoms with Crippen molar-refractivity contribution in [1.29, 1.82) is 0 Å². The molecule has 3 aliphatic heterocycles. The molecule has 3 saturated heterocycles. The van der Waals surface area contributed by atoms with E-state index in [1.807, 2.05) is 57.2 Å². The summed E-state index contributed by atoms with van der Waals surface area (Å²) >= 11 is 0. The molecule has 3 amide bonds. The predicted octanol–water partition coefficient (Wildman–Crippen LogP) is 5.22. The van der Waals surface area contributed by atoms with E-state index in [4.69, 9.17) is 4.98 Å². The molecule has 48 heavy (non-hydrogen) atoms. The number of pyridine rings is 1. The van der Waals surface area contributed by atoms with Gasteiger partial charge in [0.2, 0.25) is 11.8 Å². The lowest BCUT2D eigenvalue weighted by atomic mass is 9.93. The standard InChI is InChI=1S/C39H46N6O3/c1-27-26-41(3)37-10-9-31(23-34(27)37)36-25-32(24-35(40-36)29-7-5-4-6-8-29)39(48)45-21-19-43(20-22-45)33-13-17-44(18-14-33)38(47)30-11-15-42(16-12-30)28(2)46/h4-10,23-26,30,33H,11-22H2,1-3H3. The van der Waals surface area contributed by atoms with Gasteiger partial charge in [-0.15, -0.1) is 0 Å². The average molecular weight is 647 g/mol. The number of hydrogen-bond donors (Lipinski definition) is 0. The topological polar surface area (TPSA) is 82.0 Å². The number of benzene rings is 2. The van der Waals surface area contributed by atoms with E-state index in [0.717, 1.165) is 74.4 Å². The Morgan fingerprint density at radius 1 is 0.708 bits per heavy atom. The number of aryl methyl sites for hydroxylation is 2. The van der Waals surface area contributed by atoms with Gasteiger partial charge in [-0.05, 0) is 62.4 Å². The lowest BCUT2D eigenvalue weighted by Gasteiger charge is -2.43. The third kappa shape index (κ3) is 6.48. The molecule has 3 aliphatic rings. The molecule has 4 aromatic rings. The van der Waals surface area contributed by atoms with Gasteiger partial charge in [0, 0.05) is 112 Å². The second-order valence-corrected chi connectivity index (χ2v) is 13.8. The largest absolute Gasteiger partial charge is 0.350 e. The predicted molar refractivity (Wildman–Crippen MR) is 188 cm³/mol. The summed E-state index contributed by atoms with van der Waals surface area (Å²) in [5.74, 6) is 0.441. The highest BCUT2D eigenvalue weighted by Crippen LogP contribution is 2.30. The quantitative estimate of drug-likeness (QED) is 0.297. The molecule has 2 aromatic heterocycles. The maximum absolute atomic E-state index is 14.1. The molecule has 2 aromatic carbocycles. The summed E-state index contributed by atoms with van der Waals surface area (Å²) in [4.78, 5) is 52.4. The van der Waals surface area contributed by atoms with Crippen LogP contribution < -0.4 is 0 Å². The highest BCUT2D eigenvalue weighted by Gasteiger charge is 2.34. The van der Waals surface area contributed by atoms with Crippen molar-refractivity contribution in [1.82, 2.24) is 29.2 Å². The minimum atomic E-state index is 0.0353. The minimum Gasteiger partial charge on any atom is -0.350 e. The summed E-state index contributed by atoms with van der Waals surface area (Å²) in [7, 11) is 2.06. The maximum Gasteiger partial charge on any atom is 0.254 e. The second-order valence-electron chi connectivity index (χ2n) is 13.8. The molecule has 0 atom stereocenters. The molecule has 0 spiro atoms. The Balaban J connectivity index is 1.01. The molecule has 0 aliphatic carbocycles. The van der Waals surface area contributed by atoms with Gasteiger partial charge in [-0.25, -0.2) is 4.98 Å². The van der Waals surface area contributed by atoms with Gasteiger partial charge in [0.15, 0.2) is 0 Å². The number of carbonyl (C=O) groups is 3. The average Bonchev–Trinajstić information content (AvgIpc) is 3.43. The molecule has 9 heteroatoms. The van der Waals surface area contributed by atoms with Crippen LogP contribution >= 0.6 is 0 Å². The number of carbonyl (C=O) groups excluding carboxylic acids is 3. The van der Waals surface area contributed by atoms with E-state index in [2.05, 4.69) is 47.8 Å². The number of amides is 3. The summed E-state index contributed by atoms with van der Waals surface area (Å²) in [6.45, 7) is 9.69. The number of fused-ring (bicyclic) bond motifs is 1. The molecule has 0 saturated carbocycles. The van der Waals surface area contributed by atoms with Gasteiger partial charge in [-0.3, -0.25) is 19.3 Å². The molecule has 250 valence electrons. The van der Waals surface area contributed by atoms with Crippen molar-refractivity contribution in [2.75, 3.05) is 52.4 Å². The number of piperidine rings is 2. The number of hydrogen-bond acceptors (Lipinski definition) is 5. The van der Waals surface area contributed by atoms with Gasteiger partial charge < -0.3 is 19.3 Å². The van der Waals surface area contributed by atoms with Crippen LogP contribution in [-0.2, 0) is 16.6 Å². The maximum atomic E-state index is 14.1. The number of rotatable bonds is 5. The zero-order chi connectivity index (χ0) is 33.4. The van der Waals surface area contributed by atoms with E-state index in [1.54, 1.807) is 6.92 Å².